The summed E-state index contributed by atoms with van der Waals surface area (Å²) in [7, 11) is -3.28. The predicted octanol–water partition coefficient (Wildman–Crippen LogP) is 5.62. The second kappa shape index (κ2) is 10.8. The molecule has 3 aromatic carbocycles. The van der Waals surface area contributed by atoms with Crippen LogP contribution in [0.25, 0.3) is 11.1 Å². The summed E-state index contributed by atoms with van der Waals surface area (Å²) in [6.45, 7) is 2.76. The quantitative estimate of drug-likeness (QED) is 0.379. The van der Waals surface area contributed by atoms with E-state index in [0.29, 0.717) is 25.8 Å². The normalized spacial score (nSPS) is 19.1. The summed E-state index contributed by atoms with van der Waals surface area (Å²) in [6.07, 6.45) is 2.39. The molecule has 0 radical (unpaired) electrons. The van der Waals surface area contributed by atoms with Gasteiger partial charge in [-0.1, -0.05) is 66.7 Å². The minimum Gasteiger partial charge on any atom is -0.438 e. The predicted molar refractivity (Wildman–Crippen MR) is 138 cm³/mol. The van der Waals surface area contributed by atoms with Gasteiger partial charge in [-0.15, -0.1) is 0 Å². The van der Waals surface area contributed by atoms with Gasteiger partial charge in [0.2, 0.25) is 10.0 Å². The minimum atomic E-state index is -3.28. The molecule has 3 aromatic rings. The van der Waals surface area contributed by atoms with Gasteiger partial charge in [-0.2, -0.15) is 0 Å². The molecule has 1 aliphatic heterocycles. The molecule has 4 rings (SSSR count). The summed E-state index contributed by atoms with van der Waals surface area (Å²) in [5.74, 6) is -0.272. The number of ether oxygens (including phenoxy) is 1. The molecule has 36 heavy (non-hydrogen) atoms. The second-order valence-electron chi connectivity index (χ2n) is 9.25. The van der Waals surface area contributed by atoms with Gasteiger partial charge >= 0.3 is 6.09 Å². The van der Waals surface area contributed by atoms with Crippen molar-refractivity contribution < 1.29 is 22.3 Å². The molecule has 0 unspecified atom stereocenters. The maximum Gasteiger partial charge on any atom is 0.411 e. The molecule has 2 atom stereocenters. The highest BCUT2D eigenvalue weighted by atomic mass is 32.2. The first-order valence-electron chi connectivity index (χ1n) is 12.0. The Morgan fingerprint density at radius 1 is 1.00 bits per heavy atom. The van der Waals surface area contributed by atoms with E-state index in [-0.39, 0.29) is 18.4 Å². The third-order valence-electron chi connectivity index (χ3n) is 6.73. The van der Waals surface area contributed by atoms with E-state index in [9.17, 15) is 17.6 Å². The number of nitrogens with one attached hydrogen (secondary N) is 1. The molecule has 1 saturated heterocycles. The van der Waals surface area contributed by atoms with Crippen molar-refractivity contribution >= 4 is 16.1 Å². The molecule has 0 saturated carbocycles. The van der Waals surface area contributed by atoms with Gasteiger partial charge in [0.1, 0.15) is 11.4 Å². The molecule has 8 heteroatoms. The second-order valence-corrected chi connectivity index (χ2v) is 11.1. The van der Waals surface area contributed by atoms with Gasteiger partial charge in [-0.3, -0.25) is 0 Å². The van der Waals surface area contributed by atoms with Gasteiger partial charge in [-0.05, 0) is 54.2 Å². The molecular weight excluding hydrogens is 479 g/mol. The van der Waals surface area contributed by atoms with Gasteiger partial charge in [0, 0.05) is 19.5 Å². The molecule has 190 valence electrons. The summed E-state index contributed by atoms with van der Waals surface area (Å²) in [4.78, 5) is 15.0. The van der Waals surface area contributed by atoms with Gasteiger partial charge in [0.15, 0.2) is 0 Å². The number of hydrogen-bond acceptors (Lipinski definition) is 4. The Kier molecular flexibility index (Phi) is 7.76. The molecule has 1 N–H and O–H groups in total. The van der Waals surface area contributed by atoms with E-state index in [1.807, 2.05) is 61.5 Å². The van der Waals surface area contributed by atoms with Crippen LogP contribution in [0.1, 0.15) is 43.4 Å². The first-order valence-corrected chi connectivity index (χ1v) is 13.9. The average molecular weight is 511 g/mol. The number of carbonyl (C=O) groups excluding carboxylic acids is 1. The van der Waals surface area contributed by atoms with Crippen molar-refractivity contribution in [3.8, 4) is 11.1 Å². The highest BCUT2D eigenvalue weighted by molar-refractivity contribution is 7.88. The lowest BCUT2D eigenvalue weighted by Crippen LogP contribution is -2.49. The molecule has 1 amide bonds. The van der Waals surface area contributed by atoms with Crippen LogP contribution in [0.3, 0.4) is 0 Å². The summed E-state index contributed by atoms with van der Waals surface area (Å²) >= 11 is 0. The Bertz CT molecular complexity index is 1280. The van der Waals surface area contributed by atoms with Crippen LogP contribution in [0.15, 0.2) is 78.9 Å². The van der Waals surface area contributed by atoms with Gasteiger partial charge in [0.25, 0.3) is 0 Å². The number of halogens is 1. The molecule has 0 spiro atoms. The monoisotopic (exact) mass is 510 g/mol. The Balaban J connectivity index is 1.47. The number of rotatable bonds is 9. The number of sulfonamides is 1. The van der Waals surface area contributed by atoms with E-state index in [4.69, 9.17) is 4.74 Å². The smallest absolute Gasteiger partial charge is 0.411 e. The van der Waals surface area contributed by atoms with E-state index in [2.05, 4.69) is 4.72 Å². The van der Waals surface area contributed by atoms with Crippen LogP contribution in [0.2, 0.25) is 0 Å². The molecule has 6 nitrogen and oxygen atoms in total. The third kappa shape index (κ3) is 6.12. The molecule has 1 heterocycles. The number of benzene rings is 3. The standard InChI is InChI=1S/C28H31FN2O4S/c1-21(22-9-11-23(12-10-22)24-13-15-26(29)16-14-24)31-20-18-28(35-27(31)32,25-7-4-3-5-8-25)17-6-19-30-36(2,33)34/h3-5,7-16,21,30H,6,17-20H2,1-2H3/t21-,28+/m0/s1. The van der Waals surface area contributed by atoms with E-state index >= 15 is 0 Å². The highest BCUT2D eigenvalue weighted by Crippen LogP contribution is 2.40. The third-order valence-corrected chi connectivity index (χ3v) is 7.46. The zero-order valence-corrected chi connectivity index (χ0v) is 21.3. The van der Waals surface area contributed by atoms with Crippen molar-refractivity contribution in [1.82, 2.24) is 9.62 Å². The first kappa shape index (κ1) is 25.9. The highest BCUT2D eigenvalue weighted by Gasteiger charge is 2.43. The van der Waals surface area contributed by atoms with Crippen LogP contribution >= 0.6 is 0 Å². The van der Waals surface area contributed by atoms with E-state index in [1.54, 1.807) is 17.0 Å². The molecule has 1 fully saturated rings. The van der Waals surface area contributed by atoms with Crippen LogP contribution < -0.4 is 4.72 Å². The van der Waals surface area contributed by atoms with E-state index in [1.165, 1.54) is 12.1 Å². The van der Waals surface area contributed by atoms with Crippen LogP contribution in [0.5, 0.6) is 0 Å². The number of amides is 1. The Hall–Kier alpha value is -3.23. The fourth-order valence-electron chi connectivity index (χ4n) is 4.69. The topological polar surface area (TPSA) is 75.7 Å². The van der Waals surface area contributed by atoms with E-state index < -0.39 is 21.7 Å². The summed E-state index contributed by atoms with van der Waals surface area (Å²) < 4.78 is 44.7. The summed E-state index contributed by atoms with van der Waals surface area (Å²) in [6, 6.07) is 23.7. The van der Waals surface area contributed by atoms with Crippen molar-refractivity contribution in [2.45, 2.75) is 37.8 Å². The van der Waals surface area contributed by atoms with Gasteiger partial charge in [0.05, 0.1) is 12.3 Å². The SMILES string of the molecule is C[C@@H](c1ccc(-c2ccc(F)cc2)cc1)N1CC[C@](CCCNS(C)(=O)=O)(c2ccccc2)OC1=O. The van der Waals surface area contributed by atoms with E-state index in [0.717, 1.165) is 28.5 Å². The zero-order valence-electron chi connectivity index (χ0n) is 20.5. The van der Waals surface area contributed by atoms with Crippen molar-refractivity contribution in [1.29, 1.82) is 0 Å². The zero-order chi connectivity index (χ0) is 25.8. The summed E-state index contributed by atoms with van der Waals surface area (Å²) in [5.41, 5.74) is 2.97. The van der Waals surface area contributed by atoms with Crippen molar-refractivity contribution in [3.63, 3.8) is 0 Å². The maximum atomic E-state index is 13.3. The molecule has 1 aliphatic rings. The van der Waals surface area contributed by atoms with Gasteiger partial charge in [-0.25, -0.2) is 22.3 Å². The van der Waals surface area contributed by atoms with Gasteiger partial charge < -0.3 is 9.64 Å². The molecule has 0 aliphatic carbocycles. The maximum absolute atomic E-state index is 13.3. The molecular formula is C28H31FN2O4S. The average Bonchev–Trinajstić information content (AvgIpc) is 2.87. The van der Waals surface area contributed by atoms with Crippen molar-refractivity contribution in [2.24, 2.45) is 0 Å². The van der Waals surface area contributed by atoms with Crippen LogP contribution in [0, 0.1) is 5.82 Å². The number of hydrogen-bond donors (Lipinski definition) is 1. The first-order chi connectivity index (χ1) is 17.2. The lowest BCUT2D eigenvalue weighted by molar-refractivity contribution is -0.0662. The Morgan fingerprint density at radius 2 is 1.61 bits per heavy atom. The number of nitrogens with zero attached hydrogens (tertiary/aromatic N) is 1. The number of cyclic esters (lactones) is 1. The van der Waals surface area contributed by atoms with Crippen molar-refractivity contribution in [2.75, 3.05) is 19.3 Å². The largest absolute Gasteiger partial charge is 0.438 e. The fraction of sp³-hybridized carbons (Fsp3) is 0.321. The number of carbonyl (C=O) groups is 1. The van der Waals surface area contributed by atoms with Crippen LogP contribution in [-0.4, -0.2) is 38.8 Å². The Morgan fingerprint density at radius 3 is 2.19 bits per heavy atom. The van der Waals surface area contributed by atoms with Crippen molar-refractivity contribution in [3.05, 3.63) is 95.8 Å². The summed E-state index contributed by atoms with van der Waals surface area (Å²) in [5, 5.41) is 0. The molecule has 0 bridgehead atoms. The fourth-order valence-corrected chi connectivity index (χ4v) is 5.21. The molecule has 0 aromatic heterocycles. The lowest BCUT2D eigenvalue weighted by Gasteiger charge is -2.43. The Labute approximate surface area is 212 Å². The minimum absolute atomic E-state index is 0.194. The van der Waals surface area contributed by atoms with Crippen LogP contribution in [0.4, 0.5) is 9.18 Å². The van der Waals surface area contributed by atoms with Crippen LogP contribution in [-0.2, 0) is 20.4 Å². The lowest BCUT2D eigenvalue weighted by atomic mass is 9.84.